The van der Waals surface area contributed by atoms with Gasteiger partial charge in [0.1, 0.15) is 5.75 Å². The predicted molar refractivity (Wildman–Crippen MR) is 76.6 cm³/mol. The third kappa shape index (κ3) is 3.94. The first-order chi connectivity index (χ1) is 8.95. The fourth-order valence-electron chi connectivity index (χ4n) is 2.03. The molecule has 0 radical (unpaired) electrons. The van der Waals surface area contributed by atoms with Crippen molar-refractivity contribution in [2.45, 2.75) is 38.5 Å². The first-order valence-corrected chi connectivity index (χ1v) is 8.18. The van der Waals surface area contributed by atoms with Crippen molar-refractivity contribution in [3.63, 3.8) is 0 Å². The van der Waals surface area contributed by atoms with Gasteiger partial charge < -0.3 is 5.11 Å². The van der Waals surface area contributed by atoms with Crippen LogP contribution in [-0.4, -0.2) is 30.9 Å². The van der Waals surface area contributed by atoms with E-state index in [0.717, 1.165) is 12.8 Å². The van der Waals surface area contributed by atoms with E-state index in [1.165, 1.54) is 22.5 Å². The Balaban J connectivity index is 3.02. The minimum absolute atomic E-state index is 0.0281. The number of phenols is 1. The molecule has 0 aliphatic heterocycles. The molecule has 19 heavy (non-hydrogen) atoms. The summed E-state index contributed by atoms with van der Waals surface area (Å²) >= 11 is 0. The molecule has 0 heterocycles. The zero-order valence-corrected chi connectivity index (χ0v) is 12.7. The normalized spacial score (nSPS) is 12.3. The summed E-state index contributed by atoms with van der Waals surface area (Å²) < 4.78 is 26.5. The number of hydrogen-bond donors (Lipinski definition) is 1. The fourth-order valence-corrected chi connectivity index (χ4v) is 3.59. The van der Waals surface area contributed by atoms with Crippen molar-refractivity contribution < 1.29 is 13.5 Å². The standard InChI is InChI=1S/C14H23NO3S/c1-4-12(5-2)11-15(6-3)19(17,18)14-9-7-8-13(16)10-14/h7-10,12,16H,4-6,11H2,1-3H3. The summed E-state index contributed by atoms with van der Waals surface area (Å²) in [5.74, 6) is 0.340. The second-order valence-electron chi connectivity index (χ2n) is 4.64. The van der Waals surface area contributed by atoms with Crippen LogP contribution in [0.3, 0.4) is 0 Å². The molecule has 0 atom stereocenters. The molecular weight excluding hydrogens is 262 g/mol. The van der Waals surface area contributed by atoms with Gasteiger partial charge in [-0.05, 0) is 24.1 Å². The Morgan fingerprint density at radius 1 is 1.21 bits per heavy atom. The molecule has 0 saturated carbocycles. The van der Waals surface area contributed by atoms with Crippen LogP contribution in [-0.2, 0) is 10.0 Å². The van der Waals surface area contributed by atoms with E-state index in [2.05, 4.69) is 13.8 Å². The second kappa shape index (κ2) is 6.91. The molecule has 4 nitrogen and oxygen atoms in total. The van der Waals surface area contributed by atoms with Crippen LogP contribution in [0, 0.1) is 5.92 Å². The minimum Gasteiger partial charge on any atom is -0.508 e. The molecule has 0 aliphatic carbocycles. The van der Waals surface area contributed by atoms with Crippen molar-refractivity contribution in [2.24, 2.45) is 5.92 Å². The van der Waals surface area contributed by atoms with Crippen molar-refractivity contribution in [1.82, 2.24) is 4.31 Å². The molecule has 1 aromatic carbocycles. The van der Waals surface area contributed by atoms with Gasteiger partial charge in [-0.15, -0.1) is 0 Å². The summed E-state index contributed by atoms with van der Waals surface area (Å²) in [4.78, 5) is 0.153. The highest BCUT2D eigenvalue weighted by Crippen LogP contribution is 2.22. The van der Waals surface area contributed by atoms with Crippen LogP contribution >= 0.6 is 0 Å². The number of phenolic OH excluding ortho intramolecular Hbond substituents is 1. The zero-order chi connectivity index (χ0) is 14.5. The average molecular weight is 285 g/mol. The second-order valence-corrected chi connectivity index (χ2v) is 6.57. The Labute approximate surface area is 116 Å². The van der Waals surface area contributed by atoms with E-state index in [1.54, 1.807) is 6.07 Å². The van der Waals surface area contributed by atoms with Gasteiger partial charge in [0.05, 0.1) is 4.90 Å². The molecular formula is C14H23NO3S. The van der Waals surface area contributed by atoms with Crippen molar-refractivity contribution in [2.75, 3.05) is 13.1 Å². The molecule has 1 rings (SSSR count). The fraction of sp³-hybridized carbons (Fsp3) is 0.571. The Hall–Kier alpha value is -1.07. The summed E-state index contributed by atoms with van der Waals surface area (Å²) in [6.45, 7) is 6.95. The van der Waals surface area contributed by atoms with Crippen LogP contribution in [0.15, 0.2) is 29.2 Å². The molecule has 0 amide bonds. The van der Waals surface area contributed by atoms with Crippen molar-refractivity contribution in [1.29, 1.82) is 0 Å². The maximum atomic E-state index is 12.5. The summed E-state index contributed by atoms with van der Waals surface area (Å²) in [6.07, 6.45) is 1.92. The van der Waals surface area contributed by atoms with Crippen LogP contribution in [0.2, 0.25) is 0 Å². The number of nitrogens with zero attached hydrogens (tertiary/aromatic N) is 1. The Morgan fingerprint density at radius 2 is 1.84 bits per heavy atom. The molecule has 0 aromatic heterocycles. The van der Waals surface area contributed by atoms with Crippen molar-refractivity contribution in [3.8, 4) is 5.75 Å². The van der Waals surface area contributed by atoms with Gasteiger partial charge in [0.15, 0.2) is 0 Å². The first-order valence-electron chi connectivity index (χ1n) is 6.74. The van der Waals surface area contributed by atoms with Gasteiger partial charge in [-0.2, -0.15) is 4.31 Å². The number of sulfonamides is 1. The quantitative estimate of drug-likeness (QED) is 0.838. The van der Waals surface area contributed by atoms with Gasteiger partial charge in [-0.1, -0.05) is 39.7 Å². The molecule has 0 fully saturated rings. The third-order valence-corrected chi connectivity index (χ3v) is 5.36. The monoisotopic (exact) mass is 285 g/mol. The van der Waals surface area contributed by atoms with E-state index >= 15 is 0 Å². The average Bonchev–Trinajstić information content (AvgIpc) is 2.40. The van der Waals surface area contributed by atoms with Gasteiger partial charge in [-0.3, -0.25) is 0 Å². The van der Waals surface area contributed by atoms with E-state index in [9.17, 15) is 13.5 Å². The molecule has 1 N–H and O–H groups in total. The molecule has 0 bridgehead atoms. The smallest absolute Gasteiger partial charge is 0.243 e. The van der Waals surface area contributed by atoms with Gasteiger partial charge in [0.25, 0.3) is 0 Å². The summed E-state index contributed by atoms with van der Waals surface area (Å²) in [6, 6.07) is 5.83. The zero-order valence-electron chi connectivity index (χ0n) is 11.8. The van der Waals surface area contributed by atoms with E-state index in [-0.39, 0.29) is 10.6 Å². The molecule has 0 unspecified atom stereocenters. The number of aromatic hydroxyl groups is 1. The number of hydrogen-bond acceptors (Lipinski definition) is 3. The molecule has 0 aliphatic rings. The number of rotatable bonds is 7. The highest BCUT2D eigenvalue weighted by molar-refractivity contribution is 7.89. The Kier molecular flexibility index (Phi) is 5.82. The van der Waals surface area contributed by atoms with E-state index in [4.69, 9.17) is 0 Å². The SMILES string of the molecule is CCC(CC)CN(CC)S(=O)(=O)c1cccc(O)c1. The maximum absolute atomic E-state index is 12.5. The van der Waals surface area contributed by atoms with E-state index < -0.39 is 10.0 Å². The maximum Gasteiger partial charge on any atom is 0.243 e. The Bertz CT molecular complexity index is 495. The van der Waals surface area contributed by atoms with Gasteiger partial charge in [-0.25, -0.2) is 8.42 Å². The lowest BCUT2D eigenvalue weighted by atomic mass is 10.0. The van der Waals surface area contributed by atoms with Crippen LogP contribution in [0.5, 0.6) is 5.75 Å². The van der Waals surface area contributed by atoms with Gasteiger partial charge in [0, 0.05) is 13.1 Å². The summed E-state index contributed by atoms with van der Waals surface area (Å²) in [5, 5.41) is 9.42. The van der Waals surface area contributed by atoms with Crippen LogP contribution in [0.25, 0.3) is 0 Å². The lowest BCUT2D eigenvalue weighted by molar-refractivity contribution is 0.339. The molecule has 5 heteroatoms. The lowest BCUT2D eigenvalue weighted by Crippen LogP contribution is -2.35. The van der Waals surface area contributed by atoms with Gasteiger partial charge in [0.2, 0.25) is 10.0 Å². The highest BCUT2D eigenvalue weighted by Gasteiger charge is 2.25. The van der Waals surface area contributed by atoms with Crippen LogP contribution in [0.4, 0.5) is 0 Å². The van der Waals surface area contributed by atoms with E-state index in [0.29, 0.717) is 19.0 Å². The van der Waals surface area contributed by atoms with Crippen LogP contribution in [0.1, 0.15) is 33.6 Å². The predicted octanol–water partition coefficient (Wildman–Crippen LogP) is 2.84. The highest BCUT2D eigenvalue weighted by atomic mass is 32.2. The summed E-state index contributed by atoms with van der Waals surface area (Å²) in [5.41, 5.74) is 0. The molecule has 108 valence electrons. The van der Waals surface area contributed by atoms with Crippen molar-refractivity contribution in [3.05, 3.63) is 24.3 Å². The molecule has 0 spiro atoms. The lowest BCUT2D eigenvalue weighted by Gasteiger charge is -2.24. The van der Waals surface area contributed by atoms with Crippen molar-refractivity contribution >= 4 is 10.0 Å². The molecule has 1 aromatic rings. The minimum atomic E-state index is -3.52. The van der Waals surface area contributed by atoms with E-state index in [1.807, 2.05) is 6.92 Å². The third-order valence-electron chi connectivity index (χ3n) is 3.42. The topological polar surface area (TPSA) is 57.6 Å². The Morgan fingerprint density at radius 3 is 2.32 bits per heavy atom. The molecule has 0 saturated heterocycles. The van der Waals surface area contributed by atoms with Crippen LogP contribution < -0.4 is 0 Å². The first kappa shape index (κ1) is 16.0. The number of benzene rings is 1. The summed E-state index contributed by atoms with van der Waals surface area (Å²) in [7, 11) is -3.52. The largest absolute Gasteiger partial charge is 0.508 e. The van der Waals surface area contributed by atoms with Gasteiger partial charge >= 0.3 is 0 Å².